The summed E-state index contributed by atoms with van der Waals surface area (Å²) in [4.78, 5) is 40.5. The Morgan fingerprint density at radius 1 is 1.38 bits per heavy atom. The summed E-state index contributed by atoms with van der Waals surface area (Å²) in [7, 11) is 0. The van der Waals surface area contributed by atoms with Crippen LogP contribution in [-0.4, -0.2) is 47.5 Å². The Labute approximate surface area is 151 Å². The number of nitrogens with one attached hydrogen (secondary N) is 1. The highest BCUT2D eigenvalue weighted by atomic mass is 16.5. The predicted molar refractivity (Wildman–Crippen MR) is 91.1 cm³/mol. The lowest BCUT2D eigenvalue weighted by molar-refractivity contribution is -0.164. The number of nitrogens with zero attached hydrogens (tertiary/aromatic N) is 1. The SMILES string of the molecule is CCOC(=O)C1C2COc3ccccc3C2N2C(=O)C(C)NC(=O)[C@@]12C. The maximum Gasteiger partial charge on any atom is 0.312 e. The summed E-state index contributed by atoms with van der Waals surface area (Å²) in [6, 6.07) is 6.46. The zero-order valence-corrected chi connectivity index (χ0v) is 15.0. The molecule has 7 nitrogen and oxygen atoms in total. The minimum absolute atomic E-state index is 0.189. The molecule has 0 aliphatic carbocycles. The minimum Gasteiger partial charge on any atom is -0.493 e. The highest BCUT2D eigenvalue weighted by Gasteiger charge is 2.68. The van der Waals surface area contributed by atoms with Gasteiger partial charge in [-0.15, -0.1) is 0 Å². The molecule has 3 aliphatic heterocycles. The fourth-order valence-corrected chi connectivity index (χ4v) is 4.69. The average Bonchev–Trinajstić information content (AvgIpc) is 2.90. The van der Waals surface area contributed by atoms with Crippen LogP contribution in [0.3, 0.4) is 0 Å². The van der Waals surface area contributed by atoms with Crippen LogP contribution in [0.4, 0.5) is 0 Å². The molecule has 0 bridgehead atoms. The second kappa shape index (κ2) is 5.72. The lowest BCUT2D eigenvalue weighted by Gasteiger charge is -2.45. The van der Waals surface area contributed by atoms with E-state index in [0.717, 1.165) is 5.56 Å². The van der Waals surface area contributed by atoms with E-state index >= 15 is 0 Å². The fraction of sp³-hybridized carbons (Fsp3) is 0.526. The highest BCUT2D eigenvalue weighted by Crippen LogP contribution is 2.56. The van der Waals surface area contributed by atoms with E-state index in [4.69, 9.17) is 9.47 Å². The smallest absolute Gasteiger partial charge is 0.312 e. The summed E-state index contributed by atoms with van der Waals surface area (Å²) in [5.74, 6) is -1.41. The van der Waals surface area contributed by atoms with Gasteiger partial charge in [0, 0.05) is 11.5 Å². The molecule has 2 fully saturated rings. The van der Waals surface area contributed by atoms with E-state index < -0.39 is 23.5 Å². The van der Waals surface area contributed by atoms with Gasteiger partial charge in [0.2, 0.25) is 11.8 Å². The van der Waals surface area contributed by atoms with Crippen molar-refractivity contribution < 1.29 is 23.9 Å². The quantitative estimate of drug-likeness (QED) is 0.799. The summed E-state index contributed by atoms with van der Waals surface area (Å²) in [6.07, 6.45) is 0. The number of piperazine rings is 1. The number of carbonyl (C=O) groups excluding carboxylic acids is 3. The molecule has 0 saturated carbocycles. The first-order valence-corrected chi connectivity index (χ1v) is 8.93. The third-order valence-corrected chi connectivity index (χ3v) is 5.84. The van der Waals surface area contributed by atoms with Crippen molar-refractivity contribution in [2.24, 2.45) is 11.8 Å². The molecule has 138 valence electrons. The first-order valence-electron chi connectivity index (χ1n) is 8.93. The number of ether oxygens (including phenoxy) is 2. The van der Waals surface area contributed by atoms with E-state index in [1.165, 1.54) is 0 Å². The molecule has 5 atom stereocenters. The lowest BCUT2D eigenvalue weighted by atomic mass is 9.77. The molecule has 1 aromatic carbocycles. The minimum atomic E-state index is -1.30. The molecule has 7 heteroatoms. The average molecular weight is 358 g/mol. The van der Waals surface area contributed by atoms with Crippen LogP contribution in [0.1, 0.15) is 32.4 Å². The van der Waals surface area contributed by atoms with Crippen molar-refractivity contribution >= 4 is 17.8 Å². The topological polar surface area (TPSA) is 84.9 Å². The first-order chi connectivity index (χ1) is 12.4. The standard InChI is InChI=1S/C19H22N2O5/c1-4-25-17(23)14-12-9-26-13-8-6-5-7-11(13)15(12)21-16(22)10(2)20-18(24)19(14,21)3/h5-8,10,12,14-15H,4,9H2,1-3H3,(H,20,24)/t10?,12?,14?,15?,19-/m1/s1. The van der Waals surface area contributed by atoms with Crippen LogP contribution in [0.5, 0.6) is 5.75 Å². The predicted octanol–water partition coefficient (Wildman–Crippen LogP) is 1.03. The van der Waals surface area contributed by atoms with E-state index in [9.17, 15) is 14.4 Å². The zero-order chi connectivity index (χ0) is 18.6. The van der Waals surface area contributed by atoms with E-state index in [0.29, 0.717) is 5.75 Å². The third-order valence-electron chi connectivity index (χ3n) is 5.84. The van der Waals surface area contributed by atoms with Crippen LogP contribution in [0, 0.1) is 11.8 Å². The van der Waals surface area contributed by atoms with Crippen LogP contribution >= 0.6 is 0 Å². The number of benzene rings is 1. The van der Waals surface area contributed by atoms with Gasteiger partial charge in [0.15, 0.2) is 0 Å². The molecule has 0 aromatic heterocycles. The first kappa shape index (κ1) is 16.9. The second-order valence-electron chi connectivity index (χ2n) is 7.24. The van der Waals surface area contributed by atoms with Gasteiger partial charge in [-0.3, -0.25) is 14.4 Å². The number of amides is 2. The van der Waals surface area contributed by atoms with Gasteiger partial charge in [0.1, 0.15) is 17.3 Å². The number of hydrogen-bond donors (Lipinski definition) is 1. The molecule has 1 N–H and O–H groups in total. The number of carbonyl (C=O) groups is 3. The van der Waals surface area contributed by atoms with E-state index in [1.54, 1.807) is 25.7 Å². The Morgan fingerprint density at radius 3 is 2.85 bits per heavy atom. The molecule has 0 spiro atoms. The molecule has 0 radical (unpaired) electrons. The third kappa shape index (κ3) is 2.03. The molecule has 2 saturated heterocycles. The van der Waals surface area contributed by atoms with Gasteiger partial charge in [-0.05, 0) is 26.8 Å². The normalized spacial score (nSPS) is 35.0. The molecule has 1 aromatic rings. The summed E-state index contributed by atoms with van der Waals surface area (Å²) < 4.78 is 11.1. The summed E-state index contributed by atoms with van der Waals surface area (Å²) in [5.41, 5.74) is -0.469. The van der Waals surface area contributed by atoms with Gasteiger partial charge >= 0.3 is 5.97 Å². The Balaban J connectivity index is 1.90. The van der Waals surface area contributed by atoms with E-state index in [1.807, 2.05) is 24.3 Å². The van der Waals surface area contributed by atoms with Gasteiger partial charge in [0.25, 0.3) is 0 Å². The van der Waals surface area contributed by atoms with Gasteiger partial charge in [-0.2, -0.15) is 0 Å². The zero-order valence-electron chi connectivity index (χ0n) is 15.0. The fourth-order valence-electron chi connectivity index (χ4n) is 4.69. The number of para-hydroxylation sites is 1. The Hall–Kier alpha value is -2.57. The second-order valence-corrected chi connectivity index (χ2v) is 7.24. The molecule has 4 rings (SSSR count). The number of rotatable bonds is 2. The number of esters is 1. The molecule has 26 heavy (non-hydrogen) atoms. The maximum absolute atomic E-state index is 13.1. The van der Waals surface area contributed by atoms with Crippen molar-refractivity contribution in [2.75, 3.05) is 13.2 Å². The Kier molecular flexibility index (Phi) is 3.71. The van der Waals surface area contributed by atoms with Gasteiger partial charge in [0.05, 0.1) is 25.2 Å². The monoisotopic (exact) mass is 358 g/mol. The van der Waals surface area contributed by atoms with Crippen molar-refractivity contribution in [3.05, 3.63) is 29.8 Å². The molecular formula is C19H22N2O5. The van der Waals surface area contributed by atoms with Crippen LogP contribution < -0.4 is 10.1 Å². The highest BCUT2D eigenvalue weighted by molar-refractivity contribution is 6.03. The van der Waals surface area contributed by atoms with Crippen molar-refractivity contribution in [1.82, 2.24) is 10.2 Å². The summed E-state index contributed by atoms with van der Waals surface area (Å²) >= 11 is 0. The molecule has 2 amide bonds. The van der Waals surface area contributed by atoms with Gasteiger partial charge in [-0.25, -0.2) is 0 Å². The molecule has 3 heterocycles. The number of hydrogen-bond acceptors (Lipinski definition) is 5. The summed E-state index contributed by atoms with van der Waals surface area (Å²) in [6.45, 7) is 5.52. The summed E-state index contributed by atoms with van der Waals surface area (Å²) in [5, 5.41) is 2.72. The van der Waals surface area contributed by atoms with Crippen molar-refractivity contribution in [3.8, 4) is 5.75 Å². The molecule has 4 unspecified atom stereocenters. The van der Waals surface area contributed by atoms with E-state index in [2.05, 4.69) is 5.32 Å². The van der Waals surface area contributed by atoms with Crippen LogP contribution in [0.25, 0.3) is 0 Å². The maximum atomic E-state index is 13.1. The van der Waals surface area contributed by atoms with Gasteiger partial charge < -0.3 is 19.7 Å². The van der Waals surface area contributed by atoms with Crippen LogP contribution in [0.2, 0.25) is 0 Å². The van der Waals surface area contributed by atoms with Crippen molar-refractivity contribution in [3.63, 3.8) is 0 Å². The van der Waals surface area contributed by atoms with Crippen LogP contribution in [-0.2, 0) is 19.1 Å². The Morgan fingerprint density at radius 2 is 2.12 bits per heavy atom. The van der Waals surface area contributed by atoms with Crippen molar-refractivity contribution in [2.45, 2.75) is 38.4 Å². The number of fused-ring (bicyclic) bond motifs is 5. The lowest BCUT2D eigenvalue weighted by Crippen LogP contribution is -2.69. The van der Waals surface area contributed by atoms with Crippen molar-refractivity contribution in [1.29, 1.82) is 0 Å². The Bertz CT molecular complexity index is 794. The van der Waals surface area contributed by atoms with Gasteiger partial charge in [-0.1, -0.05) is 18.2 Å². The van der Waals surface area contributed by atoms with Crippen LogP contribution in [0.15, 0.2) is 24.3 Å². The molecular weight excluding hydrogens is 336 g/mol. The largest absolute Gasteiger partial charge is 0.493 e. The molecule has 3 aliphatic rings. The van der Waals surface area contributed by atoms with E-state index in [-0.39, 0.29) is 37.0 Å².